The van der Waals surface area contributed by atoms with E-state index in [1.54, 1.807) is 0 Å². The number of halogens is 8. The van der Waals surface area contributed by atoms with Crippen LogP contribution in [-0.4, -0.2) is 13.1 Å². The first-order valence-electron chi connectivity index (χ1n) is 6.37. The fourth-order valence-electron chi connectivity index (χ4n) is 1.83. The molecule has 2 N–H and O–H groups in total. The van der Waals surface area contributed by atoms with E-state index in [1.165, 1.54) is 0 Å². The first-order chi connectivity index (χ1) is 11.2. The molecule has 0 amide bonds. The second kappa shape index (κ2) is 6.93. The van der Waals surface area contributed by atoms with Crippen LogP contribution in [0.25, 0.3) is 0 Å². The van der Waals surface area contributed by atoms with Gasteiger partial charge in [-0.25, -0.2) is 35.1 Å². The Morgan fingerprint density at radius 1 is 0.500 bits per heavy atom. The lowest BCUT2D eigenvalue weighted by Gasteiger charge is -2.12. The standard InChI is InChI=1S/C14H8F8N2/c15-5-3-6(16)10(20)13(9(5)19)23-1-2-24-14-11(21)7(17)4-8(18)12(14)22/h3-4,23-24H,1-2H2. The minimum atomic E-state index is -1.69. The lowest BCUT2D eigenvalue weighted by Crippen LogP contribution is -2.18. The summed E-state index contributed by atoms with van der Waals surface area (Å²) in [5.41, 5.74) is -2.25. The Balaban J connectivity index is 2.08. The van der Waals surface area contributed by atoms with E-state index in [0.717, 1.165) is 0 Å². The highest BCUT2D eigenvalue weighted by Crippen LogP contribution is 2.25. The van der Waals surface area contributed by atoms with Gasteiger partial charge in [0, 0.05) is 25.2 Å². The van der Waals surface area contributed by atoms with Crippen molar-refractivity contribution in [3.63, 3.8) is 0 Å². The van der Waals surface area contributed by atoms with Crippen LogP contribution in [0, 0.1) is 46.5 Å². The molecule has 0 saturated heterocycles. The Labute approximate surface area is 130 Å². The molecular formula is C14H8F8N2. The minimum absolute atomic E-state index is 0.00831. The molecule has 0 spiro atoms. The molecule has 2 aromatic rings. The van der Waals surface area contributed by atoms with Crippen molar-refractivity contribution in [1.82, 2.24) is 0 Å². The van der Waals surface area contributed by atoms with Crippen LogP contribution in [0.2, 0.25) is 0 Å². The highest BCUT2D eigenvalue weighted by atomic mass is 19.2. The van der Waals surface area contributed by atoms with Gasteiger partial charge in [-0.2, -0.15) is 0 Å². The SMILES string of the molecule is Fc1cc(F)c(F)c(NCCNc2c(F)c(F)cc(F)c2F)c1F. The molecule has 0 aliphatic heterocycles. The van der Waals surface area contributed by atoms with Crippen molar-refractivity contribution in [1.29, 1.82) is 0 Å². The van der Waals surface area contributed by atoms with Gasteiger partial charge in [-0.05, 0) is 0 Å². The highest BCUT2D eigenvalue weighted by molar-refractivity contribution is 5.49. The van der Waals surface area contributed by atoms with Crippen molar-refractivity contribution in [2.24, 2.45) is 0 Å². The van der Waals surface area contributed by atoms with E-state index < -0.39 is 71.0 Å². The molecule has 130 valence electrons. The lowest BCUT2D eigenvalue weighted by molar-refractivity contribution is 0.457. The Morgan fingerprint density at radius 3 is 1.00 bits per heavy atom. The van der Waals surface area contributed by atoms with E-state index in [1.807, 2.05) is 10.6 Å². The summed E-state index contributed by atoms with van der Waals surface area (Å²) in [5.74, 6) is -13.3. The zero-order chi connectivity index (χ0) is 18.0. The largest absolute Gasteiger partial charge is 0.378 e. The topological polar surface area (TPSA) is 24.1 Å². The summed E-state index contributed by atoms with van der Waals surface area (Å²) in [7, 11) is 0. The molecule has 0 aliphatic rings. The zero-order valence-electron chi connectivity index (χ0n) is 11.6. The van der Waals surface area contributed by atoms with E-state index in [0.29, 0.717) is 0 Å². The summed E-state index contributed by atoms with van der Waals surface area (Å²) >= 11 is 0. The van der Waals surface area contributed by atoms with Gasteiger partial charge in [-0.15, -0.1) is 0 Å². The summed E-state index contributed by atoms with van der Waals surface area (Å²) < 4.78 is 105. The van der Waals surface area contributed by atoms with Gasteiger partial charge in [0.1, 0.15) is 11.4 Å². The van der Waals surface area contributed by atoms with Gasteiger partial charge < -0.3 is 10.6 Å². The molecule has 0 aromatic heterocycles. The maximum absolute atomic E-state index is 13.3. The molecule has 0 saturated carbocycles. The lowest BCUT2D eigenvalue weighted by atomic mass is 10.2. The third kappa shape index (κ3) is 3.36. The van der Waals surface area contributed by atoms with Crippen LogP contribution in [0.3, 0.4) is 0 Å². The van der Waals surface area contributed by atoms with Gasteiger partial charge in [-0.1, -0.05) is 0 Å². The summed E-state index contributed by atoms with van der Waals surface area (Å²) in [4.78, 5) is 0. The molecule has 2 rings (SSSR count). The molecule has 0 atom stereocenters. The van der Waals surface area contributed by atoms with Gasteiger partial charge >= 0.3 is 0 Å². The second-order valence-corrected chi connectivity index (χ2v) is 4.54. The summed E-state index contributed by atoms with van der Waals surface area (Å²) in [5, 5.41) is 3.95. The average Bonchev–Trinajstić information content (AvgIpc) is 2.53. The number of hydrogen-bond donors (Lipinski definition) is 2. The molecule has 0 unspecified atom stereocenters. The van der Waals surface area contributed by atoms with Crippen molar-refractivity contribution >= 4 is 11.4 Å². The van der Waals surface area contributed by atoms with Gasteiger partial charge in [0.15, 0.2) is 46.5 Å². The van der Waals surface area contributed by atoms with Crippen molar-refractivity contribution in [2.45, 2.75) is 0 Å². The first-order valence-corrected chi connectivity index (χ1v) is 6.37. The average molecular weight is 356 g/mol. The summed E-state index contributed by atoms with van der Waals surface area (Å²) in [6.07, 6.45) is 0. The predicted molar refractivity (Wildman–Crippen MR) is 69.5 cm³/mol. The van der Waals surface area contributed by atoms with Crippen LogP contribution in [-0.2, 0) is 0 Å². The molecule has 24 heavy (non-hydrogen) atoms. The third-order valence-corrected chi connectivity index (χ3v) is 2.95. The molecule has 2 nitrogen and oxygen atoms in total. The number of hydrogen-bond acceptors (Lipinski definition) is 2. The molecule has 10 heteroatoms. The molecule has 0 fully saturated rings. The monoisotopic (exact) mass is 356 g/mol. The Kier molecular flexibility index (Phi) is 5.15. The summed E-state index contributed by atoms with van der Waals surface area (Å²) in [6, 6.07) is 0.0166. The first kappa shape index (κ1) is 17.8. The van der Waals surface area contributed by atoms with Crippen LogP contribution in [0.15, 0.2) is 12.1 Å². The second-order valence-electron chi connectivity index (χ2n) is 4.54. The smallest absolute Gasteiger partial charge is 0.185 e. The van der Waals surface area contributed by atoms with Crippen molar-refractivity contribution in [3.8, 4) is 0 Å². The van der Waals surface area contributed by atoms with Crippen LogP contribution in [0.1, 0.15) is 0 Å². The number of anilines is 2. The normalized spacial score (nSPS) is 10.8. The predicted octanol–water partition coefficient (Wildman–Crippen LogP) is 4.32. The van der Waals surface area contributed by atoms with E-state index in [9.17, 15) is 35.1 Å². The Hall–Kier alpha value is -2.52. The fourth-order valence-corrected chi connectivity index (χ4v) is 1.83. The van der Waals surface area contributed by atoms with Crippen LogP contribution >= 0.6 is 0 Å². The third-order valence-electron chi connectivity index (χ3n) is 2.95. The molecule has 0 bridgehead atoms. The van der Waals surface area contributed by atoms with Crippen molar-refractivity contribution in [2.75, 3.05) is 23.7 Å². The van der Waals surface area contributed by atoms with Crippen molar-refractivity contribution in [3.05, 3.63) is 58.7 Å². The number of nitrogens with one attached hydrogen (secondary N) is 2. The quantitative estimate of drug-likeness (QED) is 0.474. The Morgan fingerprint density at radius 2 is 0.750 bits per heavy atom. The van der Waals surface area contributed by atoms with Gasteiger partial charge in [0.2, 0.25) is 0 Å². The number of rotatable bonds is 5. The van der Waals surface area contributed by atoms with E-state index in [-0.39, 0.29) is 12.1 Å². The van der Waals surface area contributed by atoms with E-state index in [4.69, 9.17) is 0 Å². The summed E-state index contributed by atoms with van der Waals surface area (Å²) in [6.45, 7) is -0.957. The molecule has 0 aliphatic carbocycles. The minimum Gasteiger partial charge on any atom is -0.378 e. The van der Waals surface area contributed by atoms with Crippen molar-refractivity contribution < 1.29 is 35.1 Å². The molecule has 0 heterocycles. The van der Waals surface area contributed by atoms with E-state index in [2.05, 4.69) is 0 Å². The van der Waals surface area contributed by atoms with Crippen LogP contribution < -0.4 is 10.6 Å². The molecule has 2 aromatic carbocycles. The van der Waals surface area contributed by atoms with Crippen LogP contribution in [0.5, 0.6) is 0 Å². The highest BCUT2D eigenvalue weighted by Gasteiger charge is 2.20. The van der Waals surface area contributed by atoms with Gasteiger partial charge in [0.25, 0.3) is 0 Å². The molecule has 0 radical (unpaired) electrons. The number of benzene rings is 2. The zero-order valence-corrected chi connectivity index (χ0v) is 11.6. The van der Waals surface area contributed by atoms with Crippen LogP contribution in [0.4, 0.5) is 46.5 Å². The molecular weight excluding hydrogens is 348 g/mol. The Bertz CT molecular complexity index is 660. The fraction of sp³-hybridized carbons (Fsp3) is 0.143. The van der Waals surface area contributed by atoms with Gasteiger partial charge in [0.05, 0.1) is 0 Å². The maximum Gasteiger partial charge on any atom is 0.185 e. The maximum atomic E-state index is 13.3. The van der Waals surface area contributed by atoms with Gasteiger partial charge in [-0.3, -0.25) is 0 Å². The van der Waals surface area contributed by atoms with E-state index >= 15 is 0 Å².